The fourth-order valence-corrected chi connectivity index (χ4v) is 5.26. The van der Waals surface area contributed by atoms with Crippen LogP contribution in [0.2, 0.25) is 0 Å². The van der Waals surface area contributed by atoms with E-state index in [0.29, 0.717) is 38.2 Å². The molecule has 0 unspecified atom stereocenters. The largest absolute Gasteiger partial charge is 0.492 e. The SMILES string of the molecule is COc1c(N2CCN(Cc3ccc4c(c3)OCO4)CC2)c(F)c(N)c2c(=O)c(C(=O)O)cn(C3CC3)c12. The number of pyridine rings is 1. The molecular weight excluding hydrogens is 483 g/mol. The van der Waals surface area contributed by atoms with Gasteiger partial charge in [0.1, 0.15) is 11.3 Å². The van der Waals surface area contributed by atoms with Crippen LogP contribution in [0.3, 0.4) is 0 Å². The molecule has 3 aromatic rings. The van der Waals surface area contributed by atoms with E-state index in [0.717, 1.165) is 29.9 Å². The van der Waals surface area contributed by atoms with Gasteiger partial charge in [0.15, 0.2) is 23.1 Å². The van der Waals surface area contributed by atoms with Crippen LogP contribution in [-0.4, -0.2) is 60.6 Å². The van der Waals surface area contributed by atoms with E-state index >= 15 is 4.39 Å². The molecule has 1 aromatic heterocycles. The molecule has 0 radical (unpaired) electrons. The second kappa shape index (κ2) is 8.84. The number of halogens is 1. The van der Waals surface area contributed by atoms with Crippen molar-refractivity contribution in [1.29, 1.82) is 0 Å². The van der Waals surface area contributed by atoms with Crippen LogP contribution in [0.25, 0.3) is 10.9 Å². The highest BCUT2D eigenvalue weighted by Crippen LogP contribution is 2.46. The third-order valence-corrected chi connectivity index (χ3v) is 7.29. The number of carboxylic acids is 1. The van der Waals surface area contributed by atoms with Gasteiger partial charge >= 0.3 is 5.97 Å². The molecule has 1 aliphatic carbocycles. The van der Waals surface area contributed by atoms with Crippen molar-refractivity contribution in [3.05, 3.63) is 51.6 Å². The van der Waals surface area contributed by atoms with Crippen LogP contribution in [0.1, 0.15) is 34.8 Å². The van der Waals surface area contributed by atoms with Gasteiger partial charge in [-0.15, -0.1) is 0 Å². The number of fused-ring (bicyclic) bond motifs is 2. The van der Waals surface area contributed by atoms with E-state index < -0.39 is 22.8 Å². The maximum absolute atomic E-state index is 15.8. The van der Waals surface area contributed by atoms with E-state index in [-0.39, 0.29) is 35.3 Å². The summed E-state index contributed by atoms with van der Waals surface area (Å²) in [4.78, 5) is 28.9. The Morgan fingerprint density at radius 2 is 1.92 bits per heavy atom. The summed E-state index contributed by atoms with van der Waals surface area (Å²) in [7, 11) is 1.43. The van der Waals surface area contributed by atoms with E-state index in [1.54, 1.807) is 4.57 Å². The Morgan fingerprint density at radius 3 is 2.59 bits per heavy atom. The lowest BCUT2D eigenvalue weighted by Crippen LogP contribution is -2.46. The Kier molecular flexibility index (Phi) is 5.59. The zero-order chi connectivity index (χ0) is 25.8. The van der Waals surface area contributed by atoms with Gasteiger partial charge in [-0.3, -0.25) is 9.69 Å². The summed E-state index contributed by atoms with van der Waals surface area (Å²) in [6.07, 6.45) is 2.98. The molecule has 3 heterocycles. The smallest absolute Gasteiger partial charge is 0.341 e. The van der Waals surface area contributed by atoms with E-state index in [2.05, 4.69) is 4.90 Å². The number of carbonyl (C=O) groups is 1. The van der Waals surface area contributed by atoms with Gasteiger partial charge in [0, 0.05) is 45.0 Å². The second-order valence-corrected chi connectivity index (χ2v) is 9.60. The second-order valence-electron chi connectivity index (χ2n) is 9.60. The van der Waals surface area contributed by atoms with Gasteiger partial charge in [-0.1, -0.05) is 6.07 Å². The first-order valence-electron chi connectivity index (χ1n) is 12.2. The number of ether oxygens (including phenoxy) is 3. The molecule has 11 heteroatoms. The van der Waals surface area contributed by atoms with Crippen molar-refractivity contribution >= 4 is 28.2 Å². The maximum atomic E-state index is 15.8. The van der Waals surface area contributed by atoms with Gasteiger partial charge in [0.2, 0.25) is 12.2 Å². The van der Waals surface area contributed by atoms with Gasteiger partial charge < -0.3 is 34.5 Å². The molecule has 10 nitrogen and oxygen atoms in total. The predicted molar refractivity (Wildman–Crippen MR) is 134 cm³/mol. The Labute approximate surface area is 211 Å². The van der Waals surface area contributed by atoms with Crippen LogP contribution in [0.5, 0.6) is 17.2 Å². The van der Waals surface area contributed by atoms with Gasteiger partial charge in [0.05, 0.1) is 23.7 Å². The third-order valence-electron chi connectivity index (χ3n) is 7.29. The molecule has 37 heavy (non-hydrogen) atoms. The molecule has 0 spiro atoms. The van der Waals surface area contributed by atoms with Crippen LogP contribution in [0.15, 0.2) is 29.2 Å². The molecule has 194 valence electrons. The van der Waals surface area contributed by atoms with Crippen LogP contribution >= 0.6 is 0 Å². The summed E-state index contributed by atoms with van der Waals surface area (Å²) in [6.45, 7) is 3.31. The number of nitrogens with two attached hydrogens (primary N) is 1. The lowest BCUT2D eigenvalue weighted by atomic mass is 10.0. The average molecular weight is 511 g/mol. The molecule has 3 N–H and O–H groups in total. The minimum absolute atomic E-state index is 0.00589. The molecule has 1 saturated carbocycles. The van der Waals surface area contributed by atoms with Crippen molar-refractivity contribution in [3.8, 4) is 17.2 Å². The molecule has 2 aromatic carbocycles. The number of piperazine rings is 1. The summed E-state index contributed by atoms with van der Waals surface area (Å²) >= 11 is 0. The molecule has 6 rings (SSSR count). The highest BCUT2D eigenvalue weighted by atomic mass is 19.1. The minimum atomic E-state index is -1.37. The van der Waals surface area contributed by atoms with Crippen LogP contribution in [0, 0.1) is 5.82 Å². The highest BCUT2D eigenvalue weighted by molar-refractivity contribution is 6.03. The summed E-state index contributed by atoms with van der Waals surface area (Å²) in [5.74, 6) is -0.460. The standard InChI is InChI=1S/C26H27FN4O6/c1-35-25-22-19(24(32)16(26(33)34)12-31(22)15-3-4-15)21(28)20(27)23(25)30-8-6-29(7-9-30)11-14-2-5-17-18(10-14)37-13-36-17/h2,5,10,12,15H,3-4,6-9,11,13,28H2,1H3,(H,33,34). The number of hydrogen-bond acceptors (Lipinski definition) is 8. The maximum Gasteiger partial charge on any atom is 0.341 e. The summed E-state index contributed by atoms with van der Waals surface area (Å²) in [5, 5.41) is 9.42. The number of rotatable bonds is 6. The molecule has 0 bridgehead atoms. The van der Waals surface area contributed by atoms with Gasteiger partial charge in [-0.25, -0.2) is 9.18 Å². The van der Waals surface area contributed by atoms with Gasteiger partial charge in [-0.2, -0.15) is 0 Å². The number of anilines is 2. The number of methoxy groups -OCH3 is 1. The Bertz CT molecular complexity index is 1480. The molecule has 3 aliphatic rings. The van der Waals surface area contributed by atoms with Crippen molar-refractivity contribution in [1.82, 2.24) is 9.47 Å². The van der Waals surface area contributed by atoms with Gasteiger partial charge in [-0.05, 0) is 30.5 Å². The molecule has 0 amide bonds. The molecule has 2 fully saturated rings. The van der Waals surface area contributed by atoms with Crippen molar-refractivity contribution in [2.45, 2.75) is 25.4 Å². The summed E-state index contributed by atoms with van der Waals surface area (Å²) in [5.41, 5.74) is 6.23. The average Bonchev–Trinajstić information content (AvgIpc) is 3.63. The zero-order valence-electron chi connectivity index (χ0n) is 20.3. The molecule has 1 saturated heterocycles. The normalized spacial score (nSPS) is 17.4. The molecule has 2 aliphatic heterocycles. The number of aromatic nitrogens is 1. The quantitative estimate of drug-likeness (QED) is 0.483. The van der Waals surface area contributed by atoms with Crippen LogP contribution in [-0.2, 0) is 6.54 Å². The van der Waals surface area contributed by atoms with Crippen molar-refractivity contribution in [2.75, 3.05) is 50.7 Å². The van der Waals surface area contributed by atoms with E-state index in [9.17, 15) is 14.7 Å². The number of hydrogen-bond donors (Lipinski definition) is 2. The lowest BCUT2D eigenvalue weighted by Gasteiger charge is -2.37. The number of aromatic carboxylic acids is 1. The molecule has 0 atom stereocenters. The van der Waals surface area contributed by atoms with E-state index in [1.165, 1.54) is 13.3 Å². The fourth-order valence-electron chi connectivity index (χ4n) is 5.26. The van der Waals surface area contributed by atoms with Gasteiger partial charge in [0.25, 0.3) is 0 Å². The number of carboxylic acid groups (broad SMARTS) is 1. The lowest BCUT2D eigenvalue weighted by molar-refractivity contribution is 0.0694. The van der Waals surface area contributed by atoms with Crippen molar-refractivity contribution in [2.24, 2.45) is 0 Å². The fraction of sp³-hybridized carbons (Fsp3) is 0.385. The van der Waals surface area contributed by atoms with Crippen LogP contribution in [0.4, 0.5) is 15.8 Å². The van der Waals surface area contributed by atoms with Crippen molar-refractivity contribution < 1.29 is 28.5 Å². The molecular formula is C26H27FN4O6. The van der Waals surface area contributed by atoms with E-state index in [4.69, 9.17) is 19.9 Å². The summed E-state index contributed by atoms with van der Waals surface area (Å²) < 4.78 is 34.1. The predicted octanol–water partition coefficient (Wildman–Crippen LogP) is 2.82. The number of benzene rings is 2. The van der Waals surface area contributed by atoms with Crippen LogP contribution < -0.4 is 30.3 Å². The summed E-state index contributed by atoms with van der Waals surface area (Å²) in [6, 6.07) is 5.90. The highest BCUT2D eigenvalue weighted by Gasteiger charge is 2.34. The number of nitrogens with zero attached hydrogens (tertiary/aromatic N) is 3. The minimum Gasteiger partial charge on any atom is -0.492 e. The Balaban J connectivity index is 1.34. The first-order valence-corrected chi connectivity index (χ1v) is 12.2. The zero-order valence-corrected chi connectivity index (χ0v) is 20.3. The van der Waals surface area contributed by atoms with Crippen molar-refractivity contribution in [3.63, 3.8) is 0 Å². The topological polar surface area (TPSA) is 119 Å². The number of nitrogen functional groups attached to an aromatic ring is 1. The Hall–Kier alpha value is -3.99. The Morgan fingerprint density at radius 1 is 1.19 bits per heavy atom. The first-order chi connectivity index (χ1) is 17.9. The van der Waals surface area contributed by atoms with E-state index in [1.807, 2.05) is 23.1 Å². The first kappa shape index (κ1) is 23.4. The third kappa shape index (κ3) is 3.90. The monoisotopic (exact) mass is 510 g/mol.